The van der Waals surface area contributed by atoms with E-state index in [1.165, 1.54) is 7.11 Å². The Hall–Kier alpha value is -3.57. The fourth-order valence-corrected chi connectivity index (χ4v) is 3.56. The van der Waals surface area contributed by atoms with E-state index < -0.39 is 11.8 Å². The van der Waals surface area contributed by atoms with Crippen LogP contribution in [0.25, 0.3) is 5.57 Å². The van der Waals surface area contributed by atoms with Gasteiger partial charge < -0.3 is 10.1 Å². The van der Waals surface area contributed by atoms with Crippen LogP contribution in [0.5, 0.6) is 5.75 Å². The van der Waals surface area contributed by atoms with Gasteiger partial charge in [0.2, 0.25) is 0 Å². The van der Waals surface area contributed by atoms with E-state index in [1.807, 2.05) is 37.3 Å². The summed E-state index contributed by atoms with van der Waals surface area (Å²) in [6.07, 6.45) is 0. The Labute approximate surface area is 179 Å². The molecule has 0 saturated heterocycles. The van der Waals surface area contributed by atoms with Gasteiger partial charge in [0.1, 0.15) is 11.4 Å². The summed E-state index contributed by atoms with van der Waals surface area (Å²) in [5.41, 5.74) is 3.18. The molecule has 150 valence electrons. The maximum absolute atomic E-state index is 13.5. The average Bonchev–Trinajstić information content (AvgIpc) is 2.99. The van der Waals surface area contributed by atoms with Crippen molar-refractivity contribution in [1.82, 2.24) is 0 Å². The summed E-state index contributed by atoms with van der Waals surface area (Å²) in [6, 6.07) is 21.4. The first-order valence-corrected chi connectivity index (χ1v) is 9.73. The summed E-state index contributed by atoms with van der Waals surface area (Å²) in [4.78, 5) is 28.0. The van der Waals surface area contributed by atoms with Crippen LogP contribution in [0.2, 0.25) is 5.02 Å². The molecule has 2 amide bonds. The molecular formula is C24H19ClN2O3. The van der Waals surface area contributed by atoms with Crippen LogP contribution < -0.4 is 15.0 Å². The lowest BCUT2D eigenvalue weighted by atomic mass is 10.0. The van der Waals surface area contributed by atoms with Crippen LogP contribution in [-0.2, 0) is 9.59 Å². The van der Waals surface area contributed by atoms with E-state index in [4.69, 9.17) is 16.3 Å². The van der Waals surface area contributed by atoms with Crippen LogP contribution in [0.1, 0.15) is 11.1 Å². The highest BCUT2D eigenvalue weighted by molar-refractivity contribution is 6.46. The number of halogens is 1. The van der Waals surface area contributed by atoms with Gasteiger partial charge in [-0.25, -0.2) is 4.90 Å². The van der Waals surface area contributed by atoms with Gasteiger partial charge in [0.25, 0.3) is 11.8 Å². The molecule has 0 spiro atoms. The molecule has 30 heavy (non-hydrogen) atoms. The lowest BCUT2D eigenvalue weighted by molar-refractivity contribution is -0.120. The zero-order chi connectivity index (χ0) is 21.3. The second kappa shape index (κ2) is 8.05. The van der Waals surface area contributed by atoms with Crippen LogP contribution in [0.15, 0.2) is 78.5 Å². The molecule has 0 radical (unpaired) electrons. The van der Waals surface area contributed by atoms with Crippen molar-refractivity contribution in [2.45, 2.75) is 6.92 Å². The average molecular weight is 419 g/mol. The first-order valence-electron chi connectivity index (χ1n) is 9.35. The maximum Gasteiger partial charge on any atom is 0.282 e. The van der Waals surface area contributed by atoms with Crippen LogP contribution >= 0.6 is 11.6 Å². The number of ether oxygens (including phenoxy) is 1. The van der Waals surface area contributed by atoms with E-state index in [0.29, 0.717) is 27.7 Å². The number of carbonyl (C=O) groups is 2. The number of amides is 2. The van der Waals surface area contributed by atoms with Gasteiger partial charge in [-0.15, -0.1) is 0 Å². The van der Waals surface area contributed by atoms with Gasteiger partial charge in [0.05, 0.1) is 18.4 Å². The number of anilines is 2. The van der Waals surface area contributed by atoms with Crippen molar-refractivity contribution in [3.8, 4) is 5.75 Å². The molecule has 5 nitrogen and oxygen atoms in total. The number of rotatable bonds is 5. The summed E-state index contributed by atoms with van der Waals surface area (Å²) in [5, 5.41) is 3.58. The van der Waals surface area contributed by atoms with Gasteiger partial charge >= 0.3 is 0 Å². The van der Waals surface area contributed by atoms with E-state index in [0.717, 1.165) is 10.5 Å². The first kappa shape index (κ1) is 19.7. The summed E-state index contributed by atoms with van der Waals surface area (Å²) >= 11 is 6.10. The Balaban J connectivity index is 1.86. The lowest BCUT2D eigenvalue weighted by Gasteiger charge is -2.16. The quantitative estimate of drug-likeness (QED) is 0.589. The fourth-order valence-electron chi connectivity index (χ4n) is 3.38. The van der Waals surface area contributed by atoms with Crippen molar-refractivity contribution < 1.29 is 14.3 Å². The predicted molar refractivity (Wildman–Crippen MR) is 119 cm³/mol. The van der Waals surface area contributed by atoms with Gasteiger partial charge in [0.15, 0.2) is 0 Å². The highest BCUT2D eigenvalue weighted by Gasteiger charge is 2.41. The Bertz CT molecular complexity index is 1170. The molecule has 0 saturated carbocycles. The summed E-state index contributed by atoms with van der Waals surface area (Å²) in [6.45, 7) is 1.98. The maximum atomic E-state index is 13.5. The summed E-state index contributed by atoms with van der Waals surface area (Å²) < 4.78 is 5.45. The SMILES string of the molecule is COc1ccccc1C1=C(Nc2ccc(C)cc2)C(=O)N(c2cccc(Cl)c2)C1=O. The number of nitrogens with zero attached hydrogens (tertiary/aromatic N) is 1. The third-order valence-corrected chi connectivity index (χ3v) is 5.08. The third-order valence-electron chi connectivity index (χ3n) is 4.85. The minimum atomic E-state index is -0.455. The zero-order valence-corrected chi connectivity index (χ0v) is 17.2. The van der Waals surface area contributed by atoms with Crippen molar-refractivity contribution in [2.24, 2.45) is 0 Å². The number of aryl methyl sites for hydroxylation is 1. The van der Waals surface area contributed by atoms with E-state index in [1.54, 1.807) is 42.5 Å². The molecule has 1 aliphatic heterocycles. The van der Waals surface area contributed by atoms with Crippen molar-refractivity contribution in [1.29, 1.82) is 0 Å². The second-order valence-corrected chi connectivity index (χ2v) is 7.30. The van der Waals surface area contributed by atoms with E-state index in [-0.39, 0.29) is 11.3 Å². The molecule has 4 rings (SSSR count). The Morgan fingerprint density at radius 3 is 2.33 bits per heavy atom. The Morgan fingerprint density at radius 2 is 1.63 bits per heavy atom. The van der Waals surface area contributed by atoms with Gasteiger partial charge in [0, 0.05) is 16.3 Å². The van der Waals surface area contributed by atoms with Crippen LogP contribution in [0, 0.1) is 6.92 Å². The van der Waals surface area contributed by atoms with Crippen LogP contribution in [0.3, 0.4) is 0 Å². The molecule has 0 atom stereocenters. The molecule has 3 aromatic rings. The number of carbonyl (C=O) groups excluding carboxylic acids is 2. The van der Waals surface area contributed by atoms with Crippen LogP contribution in [-0.4, -0.2) is 18.9 Å². The Morgan fingerprint density at radius 1 is 0.900 bits per heavy atom. The summed E-state index contributed by atoms with van der Waals surface area (Å²) in [7, 11) is 1.53. The number of nitrogens with one attached hydrogen (secondary N) is 1. The van der Waals surface area contributed by atoms with E-state index in [2.05, 4.69) is 5.32 Å². The first-order chi connectivity index (χ1) is 14.5. The minimum Gasteiger partial charge on any atom is -0.496 e. The third kappa shape index (κ3) is 3.55. The fraction of sp³-hybridized carbons (Fsp3) is 0.0833. The molecule has 0 fully saturated rings. The van der Waals surface area contributed by atoms with Gasteiger partial charge in [-0.3, -0.25) is 9.59 Å². The molecule has 0 unspecified atom stereocenters. The van der Waals surface area contributed by atoms with Crippen molar-refractivity contribution >= 4 is 40.4 Å². The number of imide groups is 1. The minimum absolute atomic E-state index is 0.188. The second-order valence-electron chi connectivity index (χ2n) is 6.87. The number of methoxy groups -OCH3 is 1. The normalized spacial score (nSPS) is 13.8. The van der Waals surface area contributed by atoms with Gasteiger partial charge in [-0.1, -0.05) is 53.6 Å². The van der Waals surface area contributed by atoms with Gasteiger partial charge in [-0.2, -0.15) is 0 Å². The zero-order valence-electron chi connectivity index (χ0n) is 16.5. The number of hydrogen-bond acceptors (Lipinski definition) is 4. The number of benzene rings is 3. The van der Waals surface area contributed by atoms with Gasteiger partial charge in [-0.05, 0) is 43.3 Å². The molecule has 0 aromatic heterocycles. The number of para-hydroxylation sites is 1. The standard InChI is InChI=1S/C24H19ClN2O3/c1-15-10-12-17(13-11-15)26-22-21(19-8-3-4-9-20(19)30-2)23(28)27(24(22)29)18-7-5-6-16(25)14-18/h3-14,26H,1-2H3. The molecule has 3 aromatic carbocycles. The monoisotopic (exact) mass is 418 g/mol. The molecule has 1 aliphatic rings. The lowest BCUT2D eigenvalue weighted by Crippen LogP contribution is -2.32. The molecule has 6 heteroatoms. The summed E-state index contributed by atoms with van der Waals surface area (Å²) in [5.74, 6) is -0.394. The van der Waals surface area contributed by atoms with Crippen molar-refractivity contribution in [3.63, 3.8) is 0 Å². The molecular weight excluding hydrogens is 400 g/mol. The molecule has 0 aliphatic carbocycles. The van der Waals surface area contributed by atoms with Crippen molar-refractivity contribution in [2.75, 3.05) is 17.3 Å². The molecule has 1 heterocycles. The molecule has 1 N–H and O–H groups in total. The van der Waals surface area contributed by atoms with Crippen LogP contribution in [0.4, 0.5) is 11.4 Å². The highest BCUT2D eigenvalue weighted by atomic mass is 35.5. The smallest absolute Gasteiger partial charge is 0.282 e. The topological polar surface area (TPSA) is 58.6 Å². The highest BCUT2D eigenvalue weighted by Crippen LogP contribution is 2.37. The number of hydrogen-bond donors (Lipinski definition) is 1. The Kier molecular flexibility index (Phi) is 5.29. The predicted octanol–water partition coefficient (Wildman–Crippen LogP) is 5.05. The van der Waals surface area contributed by atoms with Crippen molar-refractivity contribution in [3.05, 3.63) is 94.6 Å². The largest absolute Gasteiger partial charge is 0.496 e. The van der Waals surface area contributed by atoms with E-state index in [9.17, 15) is 9.59 Å². The molecule has 0 bridgehead atoms. The van der Waals surface area contributed by atoms with E-state index >= 15 is 0 Å².